The third kappa shape index (κ3) is 46.1. The number of unbranched alkanes of at least 4 members (excludes halogenated alkanes) is 42. The summed E-state index contributed by atoms with van der Waals surface area (Å²) in [4.78, 5) is 2.53. The summed E-state index contributed by atoms with van der Waals surface area (Å²) in [5.41, 5.74) is 0. The fourth-order valence-corrected chi connectivity index (χ4v) is 8.37. The standard InChI is InChI=1S/C50H103NO/c1-3-5-7-9-11-13-15-17-19-21-23-25-27-29-31-33-35-37-39-41-43-45-47-51(49-50-52)48-46-44-42-40-38-36-34-32-30-28-26-24-22-20-18-16-14-12-10-8-6-4-2/h52H,3-50H2,1-2H3. The van der Waals surface area contributed by atoms with Gasteiger partial charge >= 0.3 is 0 Å². The lowest BCUT2D eigenvalue weighted by Gasteiger charge is -2.21. The van der Waals surface area contributed by atoms with Gasteiger partial charge in [-0.25, -0.2) is 0 Å². The first kappa shape index (κ1) is 51.9. The van der Waals surface area contributed by atoms with E-state index >= 15 is 0 Å². The molecule has 0 saturated heterocycles. The Morgan fingerprint density at radius 2 is 0.365 bits per heavy atom. The van der Waals surface area contributed by atoms with E-state index in [1.165, 1.54) is 296 Å². The van der Waals surface area contributed by atoms with E-state index in [0.717, 1.165) is 6.54 Å². The molecule has 2 nitrogen and oxygen atoms in total. The molecular formula is C50H103NO. The molecule has 52 heavy (non-hydrogen) atoms. The molecule has 0 radical (unpaired) electrons. The highest BCUT2D eigenvalue weighted by molar-refractivity contribution is 4.60. The Labute approximate surface area is 331 Å². The second-order valence-electron chi connectivity index (χ2n) is 17.4. The third-order valence-electron chi connectivity index (χ3n) is 12.1. The minimum Gasteiger partial charge on any atom is -0.395 e. The van der Waals surface area contributed by atoms with Gasteiger partial charge in [-0.05, 0) is 25.9 Å². The van der Waals surface area contributed by atoms with Crippen LogP contribution in [0.3, 0.4) is 0 Å². The smallest absolute Gasteiger partial charge is 0.0558 e. The zero-order chi connectivity index (χ0) is 37.5. The van der Waals surface area contributed by atoms with Crippen molar-refractivity contribution < 1.29 is 5.11 Å². The summed E-state index contributed by atoms with van der Waals surface area (Å²) in [5.74, 6) is 0. The Balaban J connectivity index is 3.31. The quantitative estimate of drug-likeness (QED) is 0.0630. The lowest BCUT2D eigenvalue weighted by Crippen LogP contribution is -2.29. The summed E-state index contributed by atoms with van der Waals surface area (Å²) < 4.78 is 0. The highest BCUT2D eigenvalue weighted by Gasteiger charge is 2.04. The van der Waals surface area contributed by atoms with Crippen molar-refractivity contribution in [2.75, 3.05) is 26.2 Å². The van der Waals surface area contributed by atoms with Crippen LogP contribution < -0.4 is 0 Å². The molecule has 0 aromatic heterocycles. The SMILES string of the molecule is CCCCCCCCCCCCCCCCCCCCCCCCN(CCO)CCCCCCCCCCCCCCCCCCCCCCCC. The molecule has 0 amide bonds. The van der Waals surface area contributed by atoms with Crippen LogP contribution in [0.15, 0.2) is 0 Å². The van der Waals surface area contributed by atoms with E-state index in [1.54, 1.807) is 0 Å². The van der Waals surface area contributed by atoms with Gasteiger partial charge in [-0.2, -0.15) is 0 Å². The summed E-state index contributed by atoms with van der Waals surface area (Å²) >= 11 is 0. The van der Waals surface area contributed by atoms with Gasteiger partial charge in [-0.15, -0.1) is 0 Å². The maximum atomic E-state index is 9.55. The normalized spacial score (nSPS) is 11.8. The van der Waals surface area contributed by atoms with Crippen LogP contribution in [0, 0.1) is 0 Å². The van der Waals surface area contributed by atoms with Crippen LogP contribution in [-0.2, 0) is 0 Å². The number of hydrogen-bond donors (Lipinski definition) is 1. The van der Waals surface area contributed by atoms with Crippen molar-refractivity contribution >= 4 is 0 Å². The summed E-state index contributed by atoms with van der Waals surface area (Å²) in [5, 5.41) is 9.55. The first-order chi connectivity index (χ1) is 25.8. The van der Waals surface area contributed by atoms with Crippen LogP contribution in [0.2, 0.25) is 0 Å². The van der Waals surface area contributed by atoms with Gasteiger partial charge in [0.15, 0.2) is 0 Å². The number of nitrogens with zero attached hydrogens (tertiary/aromatic N) is 1. The zero-order valence-corrected chi connectivity index (χ0v) is 36.8. The van der Waals surface area contributed by atoms with E-state index < -0.39 is 0 Å². The molecule has 0 heterocycles. The van der Waals surface area contributed by atoms with E-state index in [0.29, 0.717) is 6.61 Å². The van der Waals surface area contributed by atoms with Gasteiger partial charge in [-0.1, -0.05) is 284 Å². The molecule has 0 rings (SSSR count). The van der Waals surface area contributed by atoms with Crippen LogP contribution in [0.1, 0.15) is 296 Å². The first-order valence-corrected chi connectivity index (χ1v) is 25.2. The zero-order valence-electron chi connectivity index (χ0n) is 36.8. The van der Waals surface area contributed by atoms with E-state index in [-0.39, 0.29) is 0 Å². The summed E-state index contributed by atoms with van der Waals surface area (Å²) in [7, 11) is 0. The van der Waals surface area contributed by atoms with E-state index in [4.69, 9.17) is 0 Å². The Kier molecular flexibility index (Phi) is 48.9. The van der Waals surface area contributed by atoms with Crippen molar-refractivity contribution in [3.05, 3.63) is 0 Å². The highest BCUT2D eigenvalue weighted by atomic mass is 16.3. The van der Waals surface area contributed by atoms with Crippen LogP contribution >= 0.6 is 0 Å². The molecule has 1 N–H and O–H groups in total. The largest absolute Gasteiger partial charge is 0.395 e. The fraction of sp³-hybridized carbons (Fsp3) is 1.00. The molecule has 0 aromatic rings. The van der Waals surface area contributed by atoms with E-state index in [2.05, 4.69) is 18.7 Å². The van der Waals surface area contributed by atoms with Crippen LogP contribution in [0.5, 0.6) is 0 Å². The van der Waals surface area contributed by atoms with Gasteiger partial charge in [-0.3, -0.25) is 0 Å². The van der Waals surface area contributed by atoms with Gasteiger partial charge in [0, 0.05) is 6.54 Å². The van der Waals surface area contributed by atoms with Crippen molar-refractivity contribution in [1.82, 2.24) is 4.90 Å². The third-order valence-corrected chi connectivity index (χ3v) is 12.1. The second kappa shape index (κ2) is 48.9. The van der Waals surface area contributed by atoms with Crippen molar-refractivity contribution in [2.45, 2.75) is 296 Å². The molecule has 2 heteroatoms. The predicted molar refractivity (Wildman–Crippen MR) is 238 cm³/mol. The Bertz CT molecular complexity index is 545. The lowest BCUT2D eigenvalue weighted by molar-refractivity contribution is 0.190. The Morgan fingerprint density at radius 3 is 0.519 bits per heavy atom. The summed E-state index contributed by atoms with van der Waals surface area (Å²) in [6, 6.07) is 0. The molecule has 0 bridgehead atoms. The number of aliphatic hydroxyl groups is 1. The van der Waals surface area contributed by atoms with Crippen molar-refractivity contribution in [3.63, 3.8) is 0 Å². The van der Waals surface area contributed by atoms with Gasteiger partial charge in [0.25, 0.3) is 0 Å². The lowest BCUT2D eigenvalue weighted by atomic mass is 10.0. The maximum Gasteiger partial charge on any atom is 0.0558 e. The number of rotatable bonds is 48. The van der Waals surface area contributed by atoms with E-state index in [9.17, 15) is 5.11 Å². The van der Waals surface area contributed by atoms with Gasteiger partial charge in [0.1, 0.15) is 0 Å². The van der Waals surface area contributed by atoms with Crippen molar-refractivity contribution in [3.8, 4) is 0 Å². The molecule has 0 saturated carbocycles. The molecule has 0 fully saturated rings. The predicted octanol–water partition coefficient (Wildman–Crippen LogP) is 17.5. The van der Waals surface area contributed by atoms with Crippen molar-refractivity contribution in [1.29, 1.82) is 0 Å². The molecular weight excluding hydrogens is 631 g/mol. The second-order valence-corrected chi connectivity index (χ2v) is 17.4. The highest BCUT2D eigenvalue weighted by Crippen LogP contribution is 2.17. The molecule has 314 valence electrons. The average Bonchev–Trinajstić information content (AvgIpc) is 3.15. The fourth-order valence-electron chi connectivity index (χ4n) is 8.37. The Morgan fingerprint density at radius 1 is 0.212 bits per heavy atom. The summed E-state index contributed by atoms with van der Waals surface area (Å²) in [6.45, 7) is 8.19. The molecule has 0 spiro atoms. The van der Waals surface area contributed by atoms with Crippen molar-refractivity contribution in [2.24, 2.45) is 0 Å². The monoisotopic (exact) mass is 734 g/mol. The van der Waals surface area contributed by atoms with Crippen LogP contribution in [0.4, 0.5) is 0 Å². The molecule has 0 aliphatic rings. The molecule has 0 aliphatic heterocycles. The summed E-state index contributed by atoms with van der Waals surface area (Å²) in [6.07, 6.45) is 63.7. The topological polar surface area (TPSA) is 23.5 Å². The number of aliphatic hydroxyl groups excluding tert-OH is 1. The molecule has 0 atom stereocenters. The molecule has 0 unspecified atom stereocenters. The maximum absolute atomic E-state index is 9.55. The first-order valence-electron chi connectivity index (χ1n) is 25.2. The molecule has 0 aliphatic carbocycles. The molecule has 0 aromatic carbocycles. The van der Waals surface area contributed by atoms with Gasteiger partial charge in [0.05, 0.1) is 6.61 Å². The minimum atomic E-state index is 0.318. The van der Waals surface area contributed by atoms with Gasteiger partial charge < -0.3 is 10.0 Å². The Hall–Kier alpha value is -0.0800. The van der Waals surface area contributed by atoms with E-state index in [1.807, 2.05) is 0 Å². The van der Waals surface area contributed by atoms with Crippen LogP contribution in [0.25, 0.3) is 0 Å². The number of hydrogen-bond acceptors (Lipinski definition) is 2. The average molecular weight is 734 g/mol. The van der Waals surface area contributed by atoms with Gasteiger partial charge in [0.2, 0.25) is 0 Å². The van der Waals surface area contributed by atoms with Crippen LogP contribution in [-0.4, -0.2) is 36.2 Å². The minimum absolute atomic E-state index is 0.318.